The van der Waals surface area contributed by atoms with Crippen molar-refractivity contribution in [1.29, 1.82) is 0 Å². The Bertz CT molecular complexity index is 637. The van der Waals surface area contributed by atoms with E-state index in [0.717, 1.165) is 25.0 Å². The number of hydrazine groups is 1. The van der Waals surface area contributed by atoms with E-state index in [9.17, 15) is 0 Å². The van der Waals surface area contributed by atoms with Gasteiger partial charge in [0.2, 0.25) is 0 Å². The van der Waals surface area contributed by atoms with Crippen molar-refractivity contribution >= 4 is 21.6 Å². The molecule has 2 atom stereocenters. The first-order valence-electron chi connectivity index (χ1n) is 7.73. The lowest BCUT2D eigenvalue weighted by atomic mass is 9.70. The van der Waals surface area contributed by atoms with Gasteiger partial charge >= 0.3 is 0 Å². The van der Waals surface area contributed by atoms with Crippen molar-refractivity contribution in [3.63, 3.8) is 0 Å². The molecule has 3 heterocycles. The lowest BCUT2D eigenvalue weighted by molar-refractivity contribution is -0.147. The Morgan fingerprint density at radius 1 is 1.48 bits per heavy atom. The molecule has 3 N–H and O–H groups in total. The Morgan fingerprint density at radius 3 is 3.14 bits per heavy atom. The van der Waals surface area contributed by atoms with Gasteiger partial charge in [-0.2, -0.15) is 0 Å². The molecular weight excluding hydrogens is 282 g/mol. The number of pyridine rings is 1. The second kappa shape index (κ2) is 5.32. The second-order valence-electron chi connectivity index (χ2n) is 6.35. The Hall–Kier alpha value is -1.01. The summed E-state index contributed by atoms with van der Waals surface area (Å²) in [7, 11) is 0. The molecule has 21 heavy (non-hydrogen) atoms. The average Bonchev–Trinajstić information content (AvgIpc) is 2.94. The van der Waals surface area contributed by atoms with Gasteiger partial charge in [0.1, 0.15) is 0 Å². The van der Waals surface area contributed by atoms with Crippen molar-refractivity contribution in [2.75, 3.05) is 6.61 Å². The van der Waals surface area contributed by atoms with Gasteiger partial charge in [0.15, 0.2) is 0 Å². The normalized spacial score (nSPS) is 25.9. The van der Waals surface area contributed by atoms with Gasteiger partial charge in [-0.3, -0.25) is 16.3 Å². The van der Waals surface area contributed by atoms with Gasteiger partial charge < -0.3 is 4.74 Å². The van der Waals surface area contributed by atoms with Crippen molar-refractivity contribution in [2.24, 2.45) is 11.8 Å². The van der Waals surface area contributed by atoms with Crippen molar-refractivity contribution in [3.05, 3.63) is 29.3 Å². The van der Waals surface area contributed by atoms with E-state index in [1.165, 1.54) is 29.5 Å². The monoisotopic (exact) mass is 303 g/mol. The fourth-order valence-electron chi connectivity index (χ4n) is 3.81. The Labute approximate surface area is 128 Å². The van der Waals surface area contributed by atoms with E-state index in [1.807, 2.05) is 6.20 Å². The minimum atomic E-state index is 0.151. The molecule has 4 nitrogen and oxygen atoms in total. The molecule has 5 heteroatoms. The van der Waals surface area contributed by atoms with Gasteiger partial charge in [-0.05, 0) is 61.1 Å². The number of ether oxygens (including phenoxy) is 1. The molecule has 2 aromatic rings. The van der Waals surface area contributed by atoms with Gasteiger partial charge in [-0.1, -0.05) is 0 Å². The van der Waals surface area contributed by atoms with Crippen LogP contribution in [-0.4, -0.2) is 17.2 Å². The maximum absolute atomic E-state index is 6.04. The average molecular weight is 303 g/mol. The van der Waals surface area contributed by atoms with Crippen molar-refractivity contribution < 1.29 is 4.74 Å². The molecule has 2 aliphatic rings. The van der Waals surface area contributed by atoms with Gasteiger partial charge in [0, 0.05) is 12.8 Å². The van der Waals surface area contributed by atoms with E-state index in [0.29, 0.717) is 5.92 Å². The highest BCUT2D eigenvalue weighted by atomic mass is 32.1. The van der Waals surface area contributed by atoms with Crippen LogP contribution in [-0.2, 0) is 4.74 Å². The number of aromatic nitrogens is 1. The van der Waals surface area contributed by atoms with Crippen LogP contribution in [0.1, 0.15) is 43.7 Å². The van der Waals surface area contributed by atoms with Crippen LogP contribution in [0, 0.1) is 5.92 Å². The molecule has 1 saturated carbocycles. The summed E-state index contributed by atoms with van der Waals surface area (Å²) in [6, 6.07) is 4.47. The first-order chi connectivity index (χ1) is 10.3. The van der Waals surface area contributed by atoms with Crippen LogP contribution >= 0.6 is 11.3 Å². The summed E-state index contributed by atoms with van der Waals surface area (Å²) in [6.45, 7) is 0.859. The molecule has 1 aliphatic heterocycles. The third-order valence-electron chi connectivity index (χ3n) is 5.13. The van der Waals surface area contributed by atoms with Gasteiger partial charge in [0.05, 0.1) is 21.9 Å². The molecule has 2 aromatic heterocycles. The molecule has 1 spiro atoms. The summed E-state index contributed by atoms with van der Waals surface area (Å²) in [5, 5.41) is 2.09. The lowest BCUT2D eigenvalue weighted by Crippen LogP contribution is -2.48. The fourth-order valence-corrected chi connectivity index (χ4v) is 4.60. The van der Waals surface area contributed by atoms with Gasteiger partial charge in [-0.15, -0.1) is 11.3 Å². The highest BCUT2D eigenvalue weighted by Gasteiger charge is 2.44. The van der Waals surface area contributed by atoms with Crippen LogP contribution in [0.5, 0.6) is 0 Å². The van der Waals surface area contributed by atoms with E-state index in [-0.39, 0.29) is 11.6 Å². The van der Waals surface area contributed by atoms with E-state index >= 15 is 0 Å². The zero-order valence-corrected chi connectivity index (χ0v) is 12.9. The van der Waals surface area contributed by atoms with Crippen molar-refractivity contribution in [1.82, 2.24) is 10.4 Å². The minimum Gasteiger partial charge on any atom is -0.375 e. The molecule has 0 bridgehead atoms. The van der Waals surface area contributed by atoms with E-state index < -0.39 is 0 Å². The zero-order valence-electron chi connectivity index (χ0n) is 12.0. The number of hydrogen-bond donors (Lipinski definition) is 2. The molecular formula is C16H21N3OS. The Kier molecular flexibility index (Phi) is 3.46. The number of thiophene rings is 1. The molecule has 2 fully saturated rings. The molecule has 1 aliphatic carbocycles. The lowest BCUT2D eigenvalue weighted by Gasteiger charge is -2.48. The highest BCUT2D eigenvalue weighted by Crippen LogP contribution is 2.47. The standard InChI is InChI=1S/C16H21N3OS/c17-19-15(11-2-6-20-16(9-11)4-1-5-16)12-8-14-13(18-10-12)3-7-21-14/h3,7-8,10-11,15,19H,1-2,4-6,9,17H2. The number of nitrogens with zero attached hydrogens (tertiary/aromatic N) is 1. The minimum absolute atomic E-state index is 0.151. The molecule has 0 amide bonds. The molecule has 0 radical (unpaired) electrons. The highest BCUT2D eigenvalue weighted by molar-refractivity contribution is 7.17. The third-order valence-corrected chi connectivity index (χ3v) is 5.98. The summed E-state index contributed by atoms with van der Waals surface area (Å²) in [5.74, 6) is 6.42. The van der Waals surface area contributed by atoms with Gasteiger partial charge in [0.25, 0.3) is 0 Å². The van der Waals surface area contributed by atoms with E-state index in [4.69, 9.17) is 10.6 Å². The van der Waals surface area contributed by atoms with Gasteiger partial charge in [-0.25, -0.2) is 0 Å². The molecule has 4 rings (SSSR count). The number of fused-ring (bicyclic) bond motifs is 1. The zero-order chi connectivity index (χ0) is 14.3. The number of nitrogens with two attached hydrogens (primary N) is 1. The number of rotatable bonds is 3. The first kappa shape index (κ1) is 13.6. The predicted octanol–water partition coefficient (Wildman–Crippen LogP) is 3.15. The molecule has 2 unspecified atom stereocenters. The molecule has 0 aromatic carbocycles. The SMILES string of the molecule is NNC(c1cnc2ccsc2c1)C1CCOC2(CCC2)C1. The van der Waals surface area contributed by atoms with Crippen LogP contribution in [0.15, 0.2) is 23.7 Å². The number of hydrogen-bond acceptors (Lipinski definition) is 5. The maximum Gasteiger partial charge on any atom is 0.0809 e. The predicted molar refractivity (Wildman–Crippen MR) is 84.9 cm³/mol. The van der Waals surface area contributed by atoms with Crippen molar-refractivity contribution in [2.45, 2.75) is 43.7 Å². The van der Waals surface area contributed by atoms with Crippen LogP contribution in [0.3, 0.4) is 0 Å². The Morgan fingerprint density at radius 2 is 2.38 bits per heavy atom. The van der Waals surface area contributed by atoms with Crippen molar-refractivity contribution in [3.8, 4) is 0 Å². The summed E-state index contributed by atoms with van der Waals surface area (Å²) in [6.07, 6.45) is 7.88. The van der Waals surface area contributed by atoms with Crippen LogP contribution in [0.25, 0.3) is 10.2 Å². The van der Waals surface area contributed by atoms with Crippen LogP contribution in [0.4, 0.5) is 0 Å². The van der Waals surface area contributed by atoms with E-state index in [1.54, 1.807) is 11.3 Å². The summed E-state index contributed by atoms with van der Waals surface area (Å²) in [5.41, 5.74) is 5.47. The number of nitrogens with one attached hydrogen (secondary N) is 1. The second-order valence-corrected chi connectivity index (χ2v) is 7.30. The fraction of sp³-hybridized carbons (Fsp3) is 0.562. The summed E-state index contributed by atoms with van der Waals surface area (Å²) >= 11 is 1.74. The summed E-state index contributed by atoms with van der Waals surface area (Å²) < 4.78 is 7.27. The first-order valence-corrected chi connectivity index (χ1v) is 8.61. The maximum atomic E-state index is 6.04. The quantitative estimate of drug-likeness (QED) is 0.675. The van der Waals surface area contributed by atoms with Crippen LogP contribution < -0.4 is 11.3 Å². The van der Waals surface area contributed by atoms with Crippen LogP contribution in [0.2, 0.25) is 0 Å². The smallest absolute Gasteiger partial charge is 0.0809 e. The summed E-state index contributed by atoms with van der Waals surface area (Å²) in [4.78, 5) is 4.56. The topological polar surface area (TPSA) is 60.2 Å². The third kappa shape index (κ3) is 2.38. The van der Waals surface area contributed by atoms with E-state index in [2.05, 4.69) is 27.9 Å². The molecule has 112 valence electrons. The molecule has 1 saturated heterocycles. The largest absolute Gasteiger partial charge is 0.375 e. The Balaban J connectivity index is 1.60.